The van der Waals surface area contributed by atoms with Crippen LogP contribution in [0.3, 0.4) is 0 Å². The average Bonchev–Trinajstić information content (AvgIpc) is 2.87. The first-order valence-corrected chi connectivity index (χ1v) is 11.5. The normalized spacial score (nSPS) is 21.1. The van der Waals surface area contributed by atoms with E-state index in [0.29, 0.717) is 12.0 Å². The van der Waals surface area contributed by atoms with Gasteiger partial charge in [-0.3, -0.25) is 4.99 Å². The lowest BCUT2D eigenvalue weighted by molar-refractivity contribution is 0.115. The maximum absolute atomic E-state index is 11.4. The third kappa shape index (κ3) is 5.23. The van der Waals surface area contributed by atoms with Crippen LogP contribution in [-0.2, 0) is 16.6 Å². The van der Waals surface area contributed by atoms with E-state index in [0.717, 1.165) is 24.6 Å². The van der Waals surface area contributed by atoms with Crippen molar-refractivity contribution in [2.45, 2.75) is 62.8 Å². The first kappa shape index (κ1) is 20.1. The molecule has 3 rings (SSSR count). The Bertz CT molecular complexity index is 751. The average molecular weight is 393 g/mol. The highest BCUT2D eigenvalue weighted by Crippen LogP contribution is 2.42. The fourth-order valence-corrected chi connectivity index (χ4v) is 5.10. The van der Waals surface area contributed by atoms with Crippen LogP contribution >= 0.6 is 0 Å². The molecule has 0 atom stereocenters. The van der Waals surface area contributed by atoms with Crippen LogP contribution in [0, 0.1) is 5.41 Å². The molecule has 1 aromatic carbocycles. The van der Waals surface area contributed by atoms with Crippen molar-refractivity contribution >= 4 is 16.0 Å². The second kappa shape index (κ2) is 8.61. The van der Waals surface area contributed by atoms with E-state index in [9.17, 15) is 8.42 Å². The summed E-state index contributed by atoms with van der Waals surface area (Å²) in [4.78, 5) is 7.05. The monoisotopic (exact) mass is 392 g/mol. The van der Waals surface area contributed by atoms with Gasteiger partial charge in [-0.05, 0) is 48.8 Å². The third-order valence-corrected chi connectivity index (χ3v) is 6.97. The fourth-order valence-electron chi connectivity index (χ4n) is 4.59. The summed E-state index contributed by atoms with van der Waals surface area (Å²) in [5.41, 5.74) is 1.47. The maximum Gasteiger partial charge on any atom is 0.238 e. The summed E-state index contributed by atoms with van der Waals surface area (Å²) < 4.78 is 22.7. The van der Waals surface area contributed by atoms with E-state index in [1.807, 2.05) is 7.05 Å². The zero-order valence-electron chi connectivity index (χ0n) is 16.3. The molecule has 27 heavy (non-hydrogen) atoms. The minimum absolute atomic E-state index is 0.141. The summed E-state index contributed by atoms with van der Waals surface area (Å²) in [5.74, 6) is 0.939. The number of aliphatic imine (C=N–C) groups is 1. The Morgan fingerprint density at radius 3 is 2.33 bits per heavy atom. The number of nitrogens with zero attached hydrogens (tertiary/aromatic N) is 2. The minimum Gasteiger partial charge on any atom is -0.352 e. The highest BCUT2D eigenvalue weighted by atomic mass is 32.2. The van der Waals surface area contributed by atoms with Gasteiger partial charge >= 0.3 is 0 Å². The number of hydrogen-bond acceptors (Lipinski definition) is 3. The number of guanidine groups is 1. The molecule has 2 aliphatic rings. The van der Waals surface area contributed by atoms with E-state index >= 15 is 0 Å². The highest BCUT2D eigenvalue weighted by molar-refractivity contribution is 7.89. The molecule has 3 N–H and O–H groups in total. The summed E-state index contributed by atoms with van der Waals surface area (Å²) in [6, 6.07) is 6.69. The SMILES string of the molecule is CN=C(NCc1ccc(S(N)(=O)=O)cc1)N1CCCC2(CCCCCC2)C1. The quantitative estimate of drug-likeness (QED) is 0.612. The zero-order chi connectivity index (χ0) is 19.3. The van der Waals surface area contributed by atoms with Crippen molar-refractivity contribution in [3.63, 3.8) is 0 Å². The molecule has 1 saturated carbocycles. The van der Waals surface area contributed by atoms with Gasteiger partial charge in [0.2, 0.25) is 10.0 Å². The number of likely N-dealkylation sites (tertiary alicyclic amines) is 1. The van der Waals surface area contributed by atoms with Crippen LogP contribution in [0.5, 0.6) is 0 Å². The third-order valence-electron chi connectivity index (χ3n) is 6.04. The number of benzene rings is 1. The lowest BCUT2D eigenvalue weighted by atomic mass is 9.74. The Morgan fingerprint density at radius 1 is 1.11 bits per heavy atom. The molecule has 7 heteroatoms. The molecule has 1 aromatic rings. The molecule has 0 bridgehead atoms. The molecule has 1 saturated heterocycles. The van der Waals surface area contributed by atoms with Crippen molar-refractivity contribution in [2.75, 3.05) is 20.1 Å². The van der Waals surface area contributed by atoms with E-state index in [2.05, 4.69) is 15.2 Å². The van der Waals surface area contributed by atoms with Gasteiger partial charge in [0.15, 0.2) is 5.96 Å². The van der Waals surface area contributed by atoms with Gasteiger partial charge in [0.1, 0.15) is 0 Å². The van der Waals surface area contributed by atoms with E-state index in [4.69, 9.17) is 5.14 Å². The first-order chi connectivity index (χ1) is 12.9. The largest absolute Gasteiger partial charge is 0.352 e. The molecule has 1 spiro atoms. The summed E-state index contributed by atoms with van der Waals surface area (Å²) in [7, 11) is -1.81. The molecule has 0 amide bonds. The van der Waals surface area contributed by atoms with Crippen LogP contribution in [0.4, 0.5) is 0 Å². The van der Waals surface area contributed by atoms with Crippen molar-refractivity contribution in [3.8, 4) is 0 Å². The smallest absolute Gasteiger partial charge is 0.238 e. The Labute approximate surface area is 163 Å². The molecule has 0 aromatic heterocycles. The molecular formula is C20H32N4O2S. The van der Waals surface area contributed by atoms with Gasteiger partial charge in [0.05, 0.1) is 4.90 Å². The van der Waals surface area contributed by atoms with Gasteiger partial charge in [-0.15, -0.1) is 0 Å². The lowest BCUT2D eigenvalue weighted by Crippen LogP contribution is -2.50. The molecule has 1 aliphatic carbocycles. The van der Waals surface area contributed by atoms with Gasteiger partial charge in [0, 0.05) is 26.7 Å². The molecule has 150 valence electrons. The molecule has 6 nitrogen and oxygen atoms in total. The highest BCUT2D eigenvalue weighted by Gasteiger charge is 2.36. The van der Waals surface area contributed by atoms with Crippen LogP contribution in [-0.4, -0.2) is 39.4 Å². The van der Waals surface area contributed by atoms with Crippen LogP contribution < -0.4 is 10.5 Å². The Balaban J connectivity index is 1.61. The van der Waals surface area contributed by atoms with E-state index in [1.165, 1.54) is 51.4 Å². The van der Waals surface area contributed by atoms with Crippen molar-refractivity contribution in [1.82, 2.24) is 10.2 Å². The predicted molar refractivity (Wildman–Crippen MR) is 109 cm³/mol. The second-order valence-electron chi connectivity index (χ2n) is 8.03. The molecular weight excluding hydrogens is 360 g/mol. The predicted octanol–water partition coefficient (Wildman–Crippen LogP) is 2.85. The van der Waals surface area contributed by atoms with Gasteiger partial charge in [-0.1, -0.05) is 37.8 Å². The van der Waals surface area contributed by atoms with E-state index < -0.39 is 10.0 Å². The number of piperidine rings is 1. The molecule has 0 unspecified atom stereocenters. The number of rotatable bonds is 3. The topological polar surface area (TPSA) is 87.8 Å². The van der Waals surface area contributed by atoms with Crippen molar-refractivity contribution in [3.05, 3.63) is 29.8 Å². The lowest BCUT2D eigenvalue weighted by Gasteiger charge is -2.44. The van der Waals surface area contributed by atoms with Crippen molar-refractivity contribution in [1.29, 1.82) is 0 Å². The fraction of sp³-hybridized carbons (Fsp3) is 0.650. The van der Waals surface area contributed by atoms with Crippen LogP contribution in [0.2, 0.25) is 0 Å². The summed E-state index contributed by atoms with van der Waals surface area (Å²) in [5, 5.41) is 8.60. The van der Waals surface area contributed by atoms with E-state index in [-0.39, 0.29) is 4.90 Å². The second-order valence-corrected chi connectivity index (χ2v) is 9.59. The van der Waals surface area contributed by atoms with Gasteiger partial charge in [0.25, 0.3) is 0 Å². The van der Waals surface area contributed by atoms with Crippen LogP contribution in [0.15, 0.2) is 34.2 Å². The van der Waals surface area contributed by atoms with Gasteiger partial charge < -0.3 is 10.2 Å². The summed E-state index contributed by atoms with van der Waals surface area (Å²) in [6.07, 6.45) is 10.7. The minimum atomic E-state index is -3.64. The Morgan fingerprint density at radius 2 is 1.74 bits per heavy atom. The van der Waals surface area contributed by atoms with Crippen molar-refractivity contribution in [2.24, 2.45) is 15.5 Å². The molecule has 1 heterocycles. The summed E-state index contributed by atoms with van der Waals surface area (Å²) >= 11 is 0. The Hall–Kier alpha value is -1.60. The first-order valence-electron chi connectivity index (χ1n) is 9.99. The summed E-state index contributed by atoms with van der Waals surface area (Å²) in [6.45, 7) is 2.75. The van der Waals surface area contributed by atoms with Crippen molar-refractivity contribution < 1.29 is 8.42 Å². The van der Waals surface area contributed by atoms with Gasteiger partial charge in [-0.2, -0.15) is 0 Å². The van der Waals surface area contributed by atoms with Crippen LogP contribution in [0.25, 0.3) is 0 Å². The molecule has 2 fully saturated rings. The number of primary sulfonamides is 1. The standard InChI is InChI=1S/C20H32N4O2S/c1-22-19(23-15-17-7-9-18(10-8-17)27(21,25)26)24-14-6-13-20(16-24)11-4-2-3-5-12-20/h7-10H,2-6,11-16H2,1H3,(H,22,23)(H2,21,25,26). The Kier molecular flexibility index (Phi) is 6.42. The number of nitrogens with one attached hydrogen (secondary N) is 1. The van der Waals surface area contributed by atoms with E-state index in [1.54, 1.807) is 24.3 Å². The molecule has 0 radical (unpaired) electrons. The number of sulfonamides is 1. The zero-order valence-corrected chi connectivity index (χ0v) is 17.1. The maximum atomic E-state index is 11.4. The van der Waals surface area contributed by atoms with Crippen LogP contribution in [0.1, 0.15) is 56.9 Å². The number of hydrogen-bond donors (Lipinski definition) is 2. The number of nitrogens with two attached hydrogens (primary N) is 1. The van der Waals surface area contributed by atoms with Gasteiger partial charge in [-0.25, -0.2) is 13.6 Å². The molecule has 1 aliphatic heterocycles.